The van der Waals surface area contributed by atoms with E-state index in [0.29, 0.717) is 32.1 Å². The predicted molar refractivity (Wildman–Crippen MR) is 100 cm³/mol. The molecule has 1 aliphatic heterocycles. The molecule has 1 N–H and O–H groups in total. The summed E-state index contributed by atoms with van der Waals surface area (Å²) < 4.78 is 36.2. The maximum Gasteiger partial charge on any atom is 0.292 e. The highest BCUT2D eigenvalue weighted by Gasteiger charge is 2.35. The lowest BCUT2D eigenvalue weighted by Crippen LogP contribution is -3.16. The molecule has 1 fully saturated rings. The van der Waals surface area contributed by atoms with Crippen LogP contribution in [-0.2, 0) is 21.2 Å². The molecule has 0 spiro atoms. The van der Waals surface area contributed by atoms with Crippen LogP contribution in [0.25, 0.3) is 11.5 Å². The van der Waals surface area contributed by atoms with Gasteiger partial charge in [0.25, 0.3) is 4.84 Å². The van der Waals surface area contributed by atoms with Crippen molar-refractivity contribution in [3.8, 4) is 11.5 Å². The average molecular weight is 399 g/mol. The van der Waals surface area contributed by atoms with E-state index in [0.717, 1.165) is 16.0 Å². The third kappa shape index (κ3) is 4.59. The molecule has 0 saturated carbocycles. The zero-order valence-corrected chi connectivity index (χ0v) is 16.6. The number of ether oxygens (including phenoxy) is 1. The monoisotopic (exact) mass is 398 g/mol. The van der Waals surface area contributed by atoms with Gasteiger partial charge in [-0.15, -0.1) is 5.10 Å². The second-order valence-corrected chi connectivity index (χ2v) is 9.28. The first-order valence-electron chi connectivity index (χ1n) is 8.57. The Morgan fingerprint density at radius 2 is 2.12 bits per heavy atom. The molecule has 1 aliphatic rings. The second-order valence-electron chi connectivity index (χ2n) is 6.70. The quantitative estimate of drug-likeness (QED) is 0.697. The van der Waals surface area contributed by atoms with E-state index in [2.05, 4.69) is 5.10 Å². The van der Waals surface area contributed by atoms with Crippen LogP contribution in [0.3, 0.4) is 0 Å². The lowest BCUT2D eigenvalue weighted by atomic mass is 10.1. The number of sulfone groups is 1. The van der Waals surface area contributed by atoms with Gasteiger partial charge in [0.15, 0.2) is 16.5 Å². The van der Waals surface area contributed by atoms with E-state index in [9.17, 15) is 8.42 Å². The Bertz CT molecular complexity index is 903. The van der Waals surface area contributed by atoms with E-state index in [4.69, 9.17) is 21.4 Å². The van der Waals surface area contributed by atoms with Crippen LogP contribution in [0.15, 0.2) is 28.7 Å². The number of hydrogen-bond acceptors (Lipinski definition) is 6. The number of nitrogens with zero attached hydrogens (tertiary/aromatic N) is 2. The predicted octanol–water partition coefficient (Wildman–Crippen LogP) is 0.857. The standard InChI is InChI=1S/C17H23N3O4S2/c1-13-3-5-14(6-4-13)16-18-20(17(25)24-16)12-19(8-9-23-2)15-7-10-26(21,22)11-15/h3-6,15H,7-12H2,1-2H3/p+1/t15-/m0/s1. The molecule has 142 valence electrons. The van der Waals surface area contributed by atoms with Crippen molar-refractivity contribution in [1.29, 1.82) is 0 Å². The zero-order valence-electron chi connectivity index (χ0n) is 15.0. The molecule has 1 saturated heterocycles. The van der Waals surface area contributed by atoms with E-state index in [1.54, 1.807) is 11.8 Å². The average Bonchev–Trinajstić information content (AvgIpc) is 3.14. The number of methoxy groups -OCH3 is 1. The van der Waals surface area contributed by atoms with Gasteiger partial charge in [0.1, 0.15) is 18.3 Å². The van der Waals surface area contributed by atoms with E-state index in [-0.39, 0.29) is 22.4 Å². The summed E-state index contributed by atoms with van der Waals surface area (Å²) in [6.07, 6.45) is 0.650. The van der Waals surface area contributed by atoms with Crippen LogP contribution in [0, 0.1) is 11.8 Å². The first kappa shape index (κ1) is 19.2. The maximum absolute atomic E-state index is 11.8. The van der Waals surface area contributed by atoms with Crippen molar-refractivity contribution < 1.29 is 22.5 Å². The molecule has 9 heteroatoms. The van der Waals surface area contributed by atoms with Crippen molar-refractivity contribution in [3.05, 3.63) is 34.7 Å². The fourth-order valence-corrected chi connectivity index (χ4v) is 5.18. The summed E-state index contributed by atoms with van der Waals surface area (Å²) in [6, 6.07) is 7.90. The van der Waals surface area contributed by atoms with Gasteiger partial charge in [-0.05, 0) is 31.3 Å². The lowest BCUT2D eigenvalue weighted by Gasteiger charge is -2.24. The third-order valence-electron chi connectivity index (χ3n) is 4.69. The number of hydrogen-bond donors (Lipinski definition) is 1. The van der Waals surface area contributed by atoms with Gasteiger partial charge in [-0.2, -0.15) is 4.68 Å². The van der Waals surface area contributed by atoms with Crippen molar-refractivity contribution in [2.75, 3.05) is 31.8 Å². The molecule has 26 heavy (non-hydrogen) atoms. The Hall–Kier alpha value is -1.55. The van der Waals surface area contributed by atoms with Crippen LogP contribution in [0.1, 0.15) is 12.0 Å². The maximum atomic E-state index is 11.8. The van der Waals surface area contributed by atoms with Gasteiger partial charge in [0.05, 0.1) is 12.4 Å². The lowest BCUT2D eigenvalue weighted by molar-refractivity contribution is -0.945. The van der Waals surface area contributed by atoms with Gasteiger partial charge in [-0.3, -0.25) is 0 Å². The van der Waals surface area contributed by atoms with Gasteiger partial charge < -0.3 is 14.1 Å². The highest BCUT2D eigenvalue weighted by atomic mass is 32.2. The largest absolute Gasteiger partial charge is 0.409 e. The molecular formula is C17H24N3O4S2+. The molecule has 3 rings (SSSR count). The van der Waals surface area contributed by atoms with E-state index >= 15 is 0 Å². The van der Waals surface area contributed by atoms with Crippen LogP contribution in [-0.4, -0.2) is 56.0 Å². The minimum absolute atomic E-state index is 0.0246. The van der Waals surface area contributed by atoms with Crippen molar-refractivity contribution in [3.63, 3.8) is 0 Å². The molecule has 0 radical (unpaired) electrons. The fourth-order valence-electron chi connectivity index (χ4n) is 3.17. The Kier molecular flexibility index (Phi) is 5.91. The molecule has 2 aromatic rings. The van der Waals surface area contributed by atoms with Crippen LogP contribution < -0.4 is 4.90 Å². The first-order chi connectivity index (χ1) is 12.4. The Labute approximate surface area is 158 Å². The normalized spacial score (nSPS) is 20.3. The van der Waals surface area contributed by atoms with Gasteiger partial charge in [0.2, 0.25) is 5.89 Å². The van der Waals surface area contributed by atoms with Gasteiger partial charge in [0, 0.05) is 19.1 Å². The Morgan fingerprint density at radius 3 is 2.73 bits per heavy atom. The zero-order chi connectivity index (χ0) is 18.7. The smallest absolute Gasteiger partial charge is 0.292 e. The number of nitrogens with one attached hydrogen (secondary N) is 1. The van der Waals surface area contributed by atoms with E-state index < -0.39 is 9.84 Å². The summed E-state index contributed by atoms with van der Waals surface area (Å²) in [5.74, 6) is 0.912. The van der Waals surface area contributed by atoms with Crippen molar-refractivity contribution in [2.24, 2.45) is 0 Å². The number of benzene rings is 1. The minimum atomic E-state index is -2.95. The van der Waals surface area contributed by atoms with Crippen LogP contribution >= 0.6 is 12.2 Å². The third-order valence-corrected chi connectivity index (χ3v) is 6.76. The van der Waals surface area contributed by atoms with E-state index in [1.165, 1.54) is 0 Å². The Morgan fingerprint density at radius 1 is 1.38 bits per heavy atom. The summed E-state index contributed by atoms with van der Waals surface area (Å²) in [6.45, 7) is 3.70. The van der Waals surface area contributed by atoms with E-state index in [1.807, 2.05) is 31.2 Å². The SMILES string of the molecule is COCC[NH+](Cn1nc(-c2ccc(C)cc2)oc1=S)[C@H]1CCS(=O)(=O)C1. The number of rotatable bonds is 7. The molecule has 7 nitrogen and oxygen atoms in total. The van der Waals surface area contributed by atoms with Crippen molar-refractivity contribution >= 4 is 22.1 Å². The first-order valence-corrected chi connectivity index (χ1v) is 10.8. The molecular weight excluding hydrogens is 374 g/mol. The summed E-state index contributed by atoms with van der Waals surface area (Å²) in [7, 11) is -1.31. The van der Waals surface area contributed by atoms with Gasteiger partial charge in [-0.25, -0.2) is 8.42 Å². The van der Waals surface area contributed by atoms with Gasteiger partial charge >= 0.3 is 0 Å². The molecule has 1 aromatic carbocycles. The van der Waals surface area contributed by atoms with Gasteiger partial charge in [-0.1, -0.05) is 17.7 Å². The molecule has 0 aliphatic carbocycles. The number of aromatic nitrogens is 2. The molecule has 0 bridgehead atoms. The summed E-state index contributed by atoms with van der Waals surface area (Å²) in [4.78, 5) is 1.38. The molecule has 1 unspecified atom stereocenters. The number of quaternary nitrogens is 1. The topological polar surface area (TPSA) is 78.8 Å². The summed E-state index contributed by atoms with van der Waals surface area (Å²) in [5.41, 5.74) is 2.02. The molecule has 0 amide bonds. The number of aryl methyl sites for hydroxylation is 1. The van der Waals surface area contributed by atoms with Crippen LogP contribution in [0.5, 0.6) is 0 Å². The summed E-state index contributed by atoms with van der Waals surface area (Å²) >= 11 is 5.32. The second kappa shape index (κ2) is 7.99. The summed E-state index contributed by atoms with van der Waals surface area (Å²) in [5, 5.41) is 4.50. The van der Waals surface area contributed by atoms with Crippen LogP contribution in [0.4, 0.5) is 0 Å². The van der Waals surface area contributed by atoms with Crippen LogP contribution in [0.2, 0.25) is 0 Å². The molecule has 2 heterocycles. The fraction of sp³-hybridized carbons (Fsp3) is 0.529. The highest BCUT2D eigenvalue weighted by Crippen LogP contribution is 2.18. The Balaban J connectivity index is 1.80. The molecule has 1 aromatic heterocycles. The highest BCUT2D eigenvalue weighted by molar-refractivity contribution is 7.91. The van der Waals surface area contributed by atoms with Crippen molar-refractivity contribution in [1.82, 2.24) is 9.78 Å². The van der Waals surface area contributed by atoms with Crippen molar-refractivity contribution in [2.45, 2.75) is 26.1 Å². The minimum Gasteiger partial charge on any atom is -0.409 e. The molecule has 2 atom stereocenters.